The van der Waals surface area contributed by atoms with Gasteiger partial charge in [-0.25, -0.2) is 0 Å². The molecule has 1 saturated carbocycles. The molecule has 1 heterocycles. The Kier molecular flexibility index (Phi) is 2.13. The summed E-state index contributed by atoms with van der Waals surface area (Å²) in [6.45, 7) is 3.52. The maximum absolute atomic E-state index is 8.91. The van der Waals surface area contributed by atoms with Crippen LogP contribution in [0.3, 0.4) is 0 Å². The molecule has 0 bridgehead atoms. The second kappa shape index (κ2) is 3.00. The van der Waals surface area contributed by atoms with Crippen molar-refractivity contribution in [2.75, 3.05) is 13.2 Å². The Labute approximate surface area is 73.9 Å². The van der Waals surface area contributed by atoms with Crippen LogP contribution >= 0.6 is 0 Å². The normalized spacial score (nSPS) is 46.5. The monoisotopic (exact) mass is 170 g/mol. The van der Waals surface area contributed by atoms with Crippen molar-refractivity contribution in [3.63, 3.8) is 0 Å². The van der Waals surface area contributed by atoms with Gasteiger partial charge in [-0.2, -0.15) is 0 Å². The van der Waals surface area contributed by atoms with Crippen LogP contribution in [-0.2, 0) is 4.74 Å². The molecule has 0 aromatic rings. The summed E-state index contributed by atoms with van der Waals surface area (Å²) >= 11 is 0. The lowest BCUT2D eigenvalue weighted by Gasteiger charge is -2.28. The molecule has 2 heteroatoms. The van der Waals surface area contributed by atoms with Crippen LogP contribution in [0.25, 0.3) is 0 Å². The van der Waals surface area contributed by atoms with Gasteiger partial charge in [-0.3, -0.25) is 0 Å². The zero-order valence-electron chi connectivity index (χ0n) is 7.75. The van der Waals surface area contributed by atoms with E-state index in [1.165, 1.54) is 19.3 Å². The van der Waals surface area contributed by atoms with Crippen molar-refractivity contribution in [1.82, 2.24) is 0 Å². The predicted molar refractivity (Wildman–Crippen MR) is 46.9 cm³/mol. The quantitative estimate of drug-likeness (QED) is 0.681. The van der Waals surface area contributed by atoms with Crippen molar-refractivity contribution in [3.8, 4) is 0 Å². The smallest absolute Gasteiger partial charge is 0.0632 e. The van der Waals surface area contributed by atoms with E-state index in [0.29, 0.717) is 24.0 Å². The summed E-state index contributed by atoms with van der Waals surface area (Å²) in [5.74, 6) is 0.606. The molecular weight excluding hydrogens is 152 g/mol. The molecule has 12 heavy (non-hydrogen) atoms. The molecule has 0 radical (unpaired) electrons. The minimum Gasteiger partial charge on any atom is -0.396 e. The molecule has 0 aromatic heterocycles. The molecule has 2 aliphatic rings. The zero-order valence-corrected chi connectivity index (χ0v) is 7.75. The molecule has 3 atom stereocenters. The molecule has 0 spiro atoms. The average molecular weight is 170 g/mol. The summed E-state index contributed by atoms with van der Waals surface area (Å²) in [6, 6.07) is 0. The van der Waals surface area contributed by atoms with E-state index in [2.05, 4.69) is 6.92 Å². The molecule has 3 unspecified atom stereocenters. The molecule has 70 valence electrons. The third-order valence-corrected chi connectivity index (χ3v) is 3.83. The summed E-state index contributed by atoms with van der Waals surface area (Å²) in [4.78, 5) is 0. The highest BCUT2D eigenvalue weighted by atomic mass is 16.5. The highest BCUT2D eigenvalue weighted by molar-refractivity contribution is 4.98. The maximum Gasteiger partial charge on any atom is 0.0632 e. The van der Waals surface area contributed by atoms with Gasteiger partial charge in [0.2, 0.25) is 0 Å². The number of hydrogen-bond acceptors (Lipinski definition) is 2. The molecule has 1 N–H and O–H groups in total. The fourth-order valence-electron chi connectivity index (χ4n) is 2.89. The third-order valence-electron chi connectivity index (χ3n) is 3.83. The van der Waals surface area contributed by atoms with Crippen molar-refractivity contribution >= 4 is 0 Å². The van der Waals surface area contributed by atoms with E-state index >= 15 is 0 Å². The molecule has 2 nitrogen and oxygen atoms in total. The van der Waals surface area contributed by atoms with E-state index in [4.69, 9.17) is 9.84 Å². The lowest BCUT2D eigenvalue weighted by molar-refractivity contribution is 0.0768. The maximum atomic E-state index is 8.91. The number of fused-ring (bicyclic) bond motifs is 1. The largest absolute Gasteiger partial charge is 0.396 e. The number of aliphatic hydroxyl groups excluding tert-OH is 1. The van der Waals surface area contributed by atoms with Gasteiger partial charge < -0.3 is 9.84 Å². The molecule has 0 aromatic carbocycles. The Hall–Kier alpha value is -0.0800. The molecule has 1 saturated heterocycles. The van der Waals surface area contributed by atoms with Crippen LogP contribution in [0.1, 0.15) is 32.6 Å². The molecule has 1 aliphatic carbocycles. The molecule has 2 rings (SSSR count). The molecule has 2 fully saturated rings. The van der Waals surface area contributed by atoms with Crippen LogP contribution in [0.15, 0.2) is 0 Å². The number of hydrogen-bond donors (Lipinski definition) is 1. The first-order valence-electron chi connectivity index (χ1n) is 5.00. The Morgan fingerprint density at radius 3 is 3.17 bits per heavy atom. The fourth-order valence-corrected chi connectivity index (χ4v) is 2.89. The van der Waals surface area contributed by atoms with Gasteiger partial charge in [-0.1, -0.05) is 13.3 Å². The summed E-state index contributed by atoms with van der Waals surface area (Å²) in [5.41, 5.74) is 0.392. The van der Waals surface area contributed by atoms with E-state index in [1.54, 1.807) is 0 Å². The summed E-state index contributed by atoms with van der Waals surface area (Å²) < 4.78 is 5.73. The Morgan fingerprint density at radius 1 is 1.58 bits per heavy atom. The average Bonchev–Trinajstić information content (AvgIpc) is 2.51. The molecule has 0 amide bonds. The van der Waals surface area contributed by atoms with Gasteiger partial charge in [0.25, 0.3) is 0 Å². The summed E-state index contributed by atoms with van der Waals surface area (Å²) in [7, 11) is 0. The van der Waals surface area contributed by atoms with E-state index in [-0.39, 0.29) is 0 Å². The molecular formula is C10H18O2. The minimum atomic E-state index is 0.316. The van der Waals surface area contributed by atoms with Crippen LogP contribution in [0, 0.1) is 11.3 Å². The van der Waals surface area contributed by atoms with Crippen LogP contribution in [0.5, 0.6) is 0 Å². The second-order valence-corrected chi connectivity index (χ2v) is 4.43. The number of rotatable bonds is 2. The lowest BCUT2D eigenvalue weighted by atomic mass is 9.75. The van der Waals surface area contributed by atoms with Gasteiger partial charge in [-0.15, -0.1) is 0 Å². The summed E-state index contributed by atoms with van der Waals surface area (Å²) in [5, 5.41) is 8.91. The highest BCUT2D eigenvalue weighted by Gasteiger charge is 2.49. The van der Waals surface area contributed by atoms with E-state index in [1.807, 2.05) is 0 Å². The van der Waals surface area contributed by atoms with Gasteiger partial charge >= 0.3 is 0 Å². The minimum absolute atomic E-state index is 0.316. The van der Waals surface area contributed by atoms with Crippen LogP contribution in [0.4, 0.5) is 0 Å². The Balaban J connectivity index is 2.07. The van der Waals surface area contributed by atoms with Gasteiger partial charge in [0.15, 0.2) is 0 Å². The topological polar surface area (TPSA) is 29.5 Å². The van der Waals surface area contributed by atoms with E-state index < -0.39 is 0 Å². The van der Waals surface area contributed by atoms with Gasteiger partial charge in [0.05, 0.1) is 12.7 Å². The number of aliphatic hydroxyl groups is 1. The second-order valence-electron chi connectivity index (χ2n) is 4.43. The van der Waals surface area contributed by atoms with Crippen molar-refractivity contribution in [3.05, 3.63) is 0 Å². The zero-order chi connectivity index (χ0) is 8.60. The van der Waals surface area contributed by atoms with Crippen LogP contribution in [0.2, 0.25) is 0 Å². The Bertz CT molecular complexity index is 167. The predicted octanol–water partition coefficient (Wildman–Crippen LogP) is 1.57. The first-order valence-corrected chi connectivity index (χ1v) is 5.00. The van der Waals surface area contributed by atoms with Gasteiger partial charge in [0, 0.05) is 6.61 Å². The fraction of sp³-hybridized carbons (Fsp3) is 1.00. The van der Waals surface area contributed by atoms with Crippen LogP contribution in [-0.4, -0.2) is 24.4 Å². The van der Waals surface area contributed by atoms with Gasteiger partial charge in [0.1, 0.15) is 0 Å². The standard InChI is InChI=1S/C10H18O2/c1-10-5-2-3-9(10)12-7-8(10)4-6-11/h8-9,11H,2-7H2,1H3. The first-order chi connectivity index (χ1) is 5.77. The van der Waals surface area contributed by atoms with Crippen molar-refractivity contribution in [2.24, 2.45) is 11.3 Å². The molecule has 1 aliphatic heterocycles. The van der Waals surface area contributed by atoms with Crippen molar-refractivity contribution < 1.29 is 9.84 Å². The first kappa shape index (κ1) is 8.52. The lowest BCUT2D eigenvalue weighted by Crippen LogP contribution is -2.28. The van der Waals surface area contributed by atoms with Crippen molar-refractivity contribution in [2.45, 2.75) is 38.7 Å². The van der Waals surface area contributed by atoms with Gasteiger partial charge in [-0.05, 0) is 30.6 Å². The summed E-state index contributed by atoms with van der Waals surface area (Å²) in [6.07, 6.45) is 5.26. The highest BCUT2D eigenvalue weighted by Crippen LogP contribution is 2.51. The van der Waals surface area contributed by atoms with E-state index in [0.717, 1.165) is 13.0 Å². The SMILES string of the molecule is CC12CCCC1OCC2CCO. The van der Waals surface area contributed by atoms with Crippen LogP contribution < -0.4 is 0 Å². The number of ether oxygens (including phenoxy) is 1. The van der Waals surface area contributed by atoms with E-state index in [9.17, 15) is 0 Å². The Morgan fingerprint density at radius 2 is 2.42 bits per heavy atom. The third kappa shape index (κ3) is 1.09. The van der Waals surface area contributed by atoms with Crippen molar-refractivity contribution in [1.29, 1.82) is 0 Å².